The van der Waals surface area contributed by atoms with Crippen LogP contribution in [0, 0.1) is 0 Å². The zero-order valence-electron chi connectivity index (χ0n) is 13.8. The van der Waals surface area contributed by atoms with E-state index in [0.29, 0.717) is 17.8 Å². The van der Waals surface area contributed by atoms with Crippen molar-refractivity contribution in [3.05, 3.63) is 35.1 Å². The summed E-state index contributed by atoms with van der Waals surface area (Å²) >= 11 is 1.60. The number of hydrogen-bond donors (Lipinski definition) is 1. The molecule has 4 rings (SSSR count). The van der Waals surface area contributed by atoms with Crippen molar-refractivity contribution in [2.24, 2.45) is 0 Å². The molecule has 1 N–H and O–H groups in total. The molecule has 0 saturated carbocycles. The second-order valence-corrected chi connectivity index (χ2v) is 6.97. The Hall–Kier alpha value is -2.06. The SMILES string of the molecule is CCc1nc2n(n1)C[C@H](N[C@@H](C)c1nnc(-c3cccs3)o1)CC2. The number of nitrogens with one attached hydrogen (secondary N) is 1. The van der Waals surface area contributed by atoms with Gasteiger partial charge in [-0.25, -0.2) is 9.67 Å². The third kappa shape index (κ3) is 2.99. The summed E-state index contributed by atoms with van der Waals surface area (Å²) in [6, 6.07) is 4.30. The molecule has 7 nitrogen and oxygen atoms in total. The monoisotopic (exact) mass is 344 g/mol. The Morgan fingerprint density at radius 1 is 1.46 bits per heavy atom. The van der Waals surface area contributed by atoms with Crippen LogP contribution in [0.3, 0.4) is 0 Å². The van der Waals surface area contributed by atoms with Gasteiger partial charge in [0.1, 0.15) is 5.82 Å². The third-order valence-electron chi connectivity index (χ3n) is 4.25. The predicted molar refractivity (Wildman–Crippen MR) is 90.7 cm³/mol. The number of rotatable bonds is 5. The average Bonchev–Trinajstić information content (AvgIpc) is 3.32. The fraction of sp³-hybridized carbons (Fsp3) is 0.500. The van der Waals surface area contributed by atoms with Crippen LogP contribution in [-0.2, 0) is 19.4 Å². The highest BCUT2D eigenvalue weighted by Crippen LogP contribution is 2.25. The van der Waals surface area contributed by atoms with Crippen molar-refractivity contribution in [1.82, 2.24) is 30.3 Å². The highest BCUT2D eigenvalue weighted by atomic mass is 32.1. The molecule has 2 atom stereocenters. The second kappa shape index (κ2) is 6.45. The van der Waals surface area contributed by atoms with E-state index in [-0.39, 0.29) is 6.04 Å². The summed E-state index contributed by atoms with van der Waals surface area (Å²) in [4.78, 5) is 5.56. The summed E-state index contributed by atoms with van der Waals surface area (Å²) in [5.41, 5.74) is 0. The van der Waals surface area contributed by atoms with E-state index >= 15 is 0 Å². The fourth-order valence-electron chi connectivity index (χ4n) is 2.98. The largest absolute Gasteiger partial charge is 0.418 e. The van der Waals surface area contributed by atoms with E-state index in [4.69, 9.17) is 4.42 Å². The van der Waals surface area contributed by atoms with Gasteiger partial charge < -0.3 is 9.73 Å². The lowest BCUT2D eigenvalue weighted by Gasteiger charge is -2.25. The first-order valence-electron chi connectivity index (χ1n) is 8.29. The van der Waals surface area contributed by atoms with E-state index in [1.165, 1.54) is 0 Å². The van der Waals surface area contributed by atoms with Gasteiger partial charge in [0, 0.05) is 18.9 Å². The van der Waals surface area contributed by atoms with Crippen molar-refractivity contribution in [3.63, 3.8) is 0 Å². The van der Waals surface area contributed by atoms with Crippen LogP contribution in [0.4, 0.5) is 0 Å². The van der Waals surface area contributed by atoms with Gasteiger partial charge in [0.15, 0.2) is 5.82 Å². The highest BCUT2D eigenvalue weighted by molar-refractivity contribution is 7.13. The molecule has 1 aliphatic rings. The molecule has 0 fully saturated rings. The first-order valence-corrected chi connectivity index (χ1v) is 9.17. The minimum Gasteiger partial charge on any atom is -0.418 e. The molecule has 0 bridgehead atoms. The maximum absolute atomic E-state index is 5.81. The van der Waals surface area contributed by atoms with Gasteiger partial charge in [-0.1, -0.05) is 13.0 Å². The van der Waals surface area contributed by atoms with Crippen molar-refractivity contribution in [1.29, 1.82) is 0 Å². The molecular weight excluding hydrogens is 324 g/mol. The molecule has 4 heterocycles. The van der Waals surface area contributed by atoms with Crippen molar-refractivity contribution in [3.8, 4) is 10.8 Å². The number of thiophene rings is 1. The predicted octanol–water partition coefficient (Wildman–Crippen LogP) is 2.62. The van der Waals surface area contributed by atoms with E-state index in [1.54, 1.807) is 11.3 Å². The lowest BCUT2D eigenvalue weighted by atomic mass is 10.1. The van der Waals surface area contributed by atoms with Crippen LogP contribution in [0.1, 0.15) is 43.8 Å². The first kappa shape index (κ1) is 15.5. The number of hydrogen-bond acceptors (Lipinski definition) is 7. The maximum Gasteiger partial charge on any atom is 0.257 e. The zero-order valence-corrected chi connectivity index (χ0v) is 14.6. The minimum atomic E-state index is 0.00642. The highest BCUT2D eigenvalue weighted by Gasteiger charge is 2.24. The smallest absolute Gasteiger partial charge is 0.257 e. The van der Waals surface area contributed by atoms with Crippen LogP contribution in [0.2, 0.25) is 0 Å². The maximum atomic E-state index is 5.81. The van der Waals surface area contributed by atoms with E-state index in [2.05, 4.69) is 39.4 Å². The Bertz CT molecular complexity index is 809. The summed E-state index contributed by atoms with van der Waals surface area (Å²) < 4.78 is 7.84. The van der Waals surface area contributed by atoms with Gasteiger partial charge in [-0.3, -0.25) is 0 Å². The van der Waals surface area contributed by atoms with Gasteiger partial charge in [0.05, 0.1) is 17.5 Å². The molecule has 24 heavy (non-hydrogen) atoms. The summed E-state index contributed by atoms with van der Waals surface area (Å²) in [6.45, 7) is 4.97. The van der Waals surface area contributed by atoms with Crippen LogP contribution < -0.4 is 5.32 Å². The lowest BCUT2D eigenvalue weighted by molar-refractivity contribution is 0.310. The van der Waals surface area contributed by atoms with Gasteiger partial charge >= 0.3 is 0 Å². The number of fused-ring (bicyclic) bond motifs is 1. The molecule has 3 aromatic rings. The topological polar surface area (TPSA) is 81.7 Å². The van der Waals surface area contributed by atoms with Crippen LogP contribution in [0.15, 0.2) is 21.9 Å². The molecular formula is C16H20N6OS. The van der Waals surface area contributed by atoms with Crippen molar-refractivity contribution in [2.75, 3.05) is 0 Å². The molecule has 0 aliphatic carbocycles. The van der Waals surface area contributed by atoms with Gasteiger partial charge in [-0.05, 0) is 24.8 Å². The molecule has 3 aromatic heterocycles. The Kier molecular flexibility index (Phi) is 4.15. The number of aryl methyl sites for hydroxylation is 2. The Labute approximate surface area is 144 Å². The van der Waals surface area contributed by atoms with Crippen LogP contribution in [0.5, 0.6) is 0 Å². The van der Waals surface area contributed by atoms with Crippen molar-refractivity contribution in [2.45, 2.75) is 51.7 Å². The molecule has 0 amide bonds. The Balaban J connectivity index is 1.42. The number of nitrogens with zero attached hydrogens (tertiary/aromatic N) is 5. The standard InChI is InChI=1S/C16H20N6OS/c1-3-13-18-14-7-6-11(9-22(14)21-13)17-10(2)15-19-20-16(23-15)12-5-4-8-24-12/h4-5,8,10-11,17H,3,6-7,9H2,1-2H3/t10-,11+/m0/s1. The normalized spacial score (nSPS) is 18.5. The van der Waals surface area contributed by atoms with Crippen molar-refractivity contribution < 1.29 is 4.42 Å². The minimum absolute atomic E-state index is 0.00642. The van der Waals surface area contributed by atoms with Gasteiger partial charge in [0.25, 0.3) is 5.89 Å². The molecule has 0 radical (unpaired) electrons. The average molecular weight is 344 g/mol. The van der Waals surface area contributed by atoms with E-state index < -0.39 is 0 Å². The second-order valence-electron chi connectivity index (χ2n) is 6.03. The fourth-order valence-corrected chi connectivity index (χ4v) is 3.62. The summed E-state index contributed by atoms with van der Waals surface area (Å²) in [7, 11) is 0. The summed E-state index contributed by atoms with van der Waals surface area (Å²) in [6.07, 6.45) is 2.86. The quantitative estimate of drug-likeness (QED) is 0.766. The molecule has 8 heteroatoms. The first-order chi connectivity index (χ1) is 11.7. The molecule has 0 saturated heterocycles. The summed E-state index contributed by atoms with van der Waals surface area (Å²) in [5.74, 6) is 3.23. The Morgan fingerprint density at radius 3 is 3.17 bits per heavy atom. The molecule has 0 spiro atoms. The van der Waals surface area contributed by atoms with E-state index in [9.17, 15) is 0 Å². The molecule has 0 aromatic carbocycles. The number of aromatic nitrogens is 5. The van der Waals surface area contributed by atoms with Gasteiger partial charge in [0.2, 0.25) is 5.89 Å². The third-order valence-corrected chi connectivity index (χ3v) is 5.10. The lowest BCUT2D eigenvalue weighted by Crippen LogP contribution is -2.39. The molecule has 126 valence electrons. The van der Waals surface area contributed by atoms with E-state index in [1.807, 2.05) is 22.2 Å². The van der Waals surface area contributed by atoms with E-state index in [0.717, 1.165) is 42.3 Å². The van der Waals surface area contributed by atoms with Crippen molar-refractivity contribution >= 4 is 11.3 Å². The van der Waals surface area contributed by atoms with Crippen LogP contribution in [0.25, 0.3) is 10.8 Å². The zero-order chi connectivity index (χ0) is 16.5. The van der Waals surface area contributed by atoms with Gasteiger partial charge in [-0.15, -0.1) is 21.5 Å². The Morgan fingerprint density at radius 2 is 2.38 bits per heavy atom. The van der Waals surface area contributed by atoms with Crippen LogP contribution >= 0.6 is 11.3 Å². The summed E-state index contributed by atoms with van der Waals surface area (Å²) in [5, 5.41) is 18.5. The molecule has 1 aliphatic heterocycles. The van der Waals surface area contributed by atoms with Gasteiger partial charge in [-0.2, -0.15) is 5.10 Å². The van der Waals surface area contributed by atoms with Crippen LogP contribution in [-0.4, -0.2) is 31.0 Å². The molecule has 0 unspecified atom stereocenters.